The maximum absolute atomic E-state index is 10.7. The molecule has 15 heavy (non-hydrogen) atoms. The third kappa shape index (κ3) is 3.09. The number of carbonyl (C=O) groups is 1. The number of aliphatic hydroxyl groups excluding tert-OH is 1. The van der Waals surface area contributed by atoms with Gasteiger partial charge < -0.3 is 15.5 Å². The van der Waals surface area contributed by atoms with E-state index in [0.29, 0.717) is 0 Å². The van der Waals surface area contributed by atoms with Crippen LogP contribution >= 0.6 is 0 Å². The highest BCUT2D eigenvalue weighted by Crippen LogP contribution is 2.36. The van der Waals surface area contributed by atoms with Crippen molar-refractivity contribution < 1.29 is 15.0 Å². The lowest BCUT2D eigenvalue weighted by Crippen LogP contribution is -2.50. The molecular formula is C11H21NO3. The highest BCUT2D eigenvalue weighted by atomic mass is 16.4. The molecule has 3 atom stereocenters. The Bertz CT molecular complexity index is 234. The van der Waals surface area contributed by atoms with Crippen LogP contribution < -0.4 is 5.32 Å². The van der Waals surface area contributed by atoms with Crippen LogP contribution in [0.4, 0.5) is 4.79 Å². The van der Waals surface area contributed by atoms with E-state index >= 15 is 0 Å². The minimum atomic E-state index is -1.01. The molecule has 0 saturated heterocycles. The predicted octanol–water partition coefficient (Wildman–Crippen LogP) is 1.83. The summed E-state index contributed by atoms with van der Waals surface area (Å²) in [6.07, 6.45) is 1.32. The van der Waals surface area contributed by atoms with Crippen LogP contribution in [-0.4, -0.2) is 28.5 Å². The lowest BCUT2D eigenvalue weighted by Gasteiger charge is -2.36. The molecule has 0 spiro atoms. The van der Waals surface area contributed by atoms with Crippen LogP contribution in [0.1, 0.15) is 40.0 Å². The summed E-state index contributed by atoms with van der Waals surface area (Å²) < 4.78 is 0. The van der Waals surface area contributed by atoms with Gasteiger partial charge in [-0.15, -0.1) is 0 Å². The van der Waals surface area contributed by atoms with Crippen molar-refractivity contribution in [3.05, 3.63) is 0 Å². The smallest absolute Gasteiger partial charge is 0.404 e. The molecule has 3 N–H and O–H groups in total. The maximum Gasteiger partial charge on any atom is 0.404 e. The molecule has 4 heteroatoms. The van der Waals surface area contributed by atoms with Crippen LogP contribution in [0.2, 0.25) is 0 Å². The van der Waals surface area contributed by atoms with Crippen molar-refractivity contribution in [2.75, 3.05) is 0 Å². The van der Waals surface area contributed by atoms with E-state index in [-0.39, 0.29) is 23.5 Å². The van der Waals surface area contributed by atoms with Gasteiger partial charge in [0.15, 0.2) is 0 Å². The van der Waals surface area contributed by atoms with Crippen LogP contribution in [0, 0.1) is 11.3 Å². The van der Waals surface area contributed by atoms with Gasteiger partial charge in [-0.3, -0.25) is 0 Å². The van der Waals surface area contributed by atoms with Gasteiger partial charge in [0, 0.05) is 12.0 Å². The summed E-state index contributed by atoms with van der Waals surface area (Å²) in [4.78, 5) is 10.7. The van der Waals surface area contributed by atoms with E-state index in [1.165, 1.54) is 0 Å². The number of hydrogen-bond acceptors (Lipinski definition) is 2. The van der Waals surface area contributed by atoms with Gasteiger partial charge in [-0.1, -0.05) is 27.2 Å². The van der Waals surface area contributed by atoms with Crippen molar-refractivity contribution in [1.29, 1.82) is 0 Å². The van der Waals surface area contributed by atoms with Gasteiger partial charge in [-0.25, -0.2) is 4.79 Å². The summed E-state index contributed by atoms with van der Waals surface area (Å²) in [5.74, 6) is 0.0566. The summed E-state index contributed by atoms with van der Waals surface area (Å²) in [6, 6.07) is -0.174. The molecule has 0 aliphatic heterocycles. The number of nitrogens with one attached hydrogen (secondary N) is 1. The van der Waals surface area contributed by atoms with Gasteiger partial charge in [-0.2, -0.15) is 0 Å². The Morgan fingerprint density at radius 1 is 1.40 bits per heavy atom. The third-order valence-electron chi connectivity index (χ3n) is 3.17. The van der Waals surface area contributed by atoms with Crippen molar-refractivity contribution in [2.24, 2.45) is 11.3 Å². The second kappa shape index (κ2) is 4.39. The summed E-state index contributed by atoms with van der Waals surface area (Å²) in [7, 11) is 0. The Kier molecular flexibility index (Phi) is 3.60. The van der Waals surface area contributed by atoms with Crippen molar-refractivity contribution in [3.8, 4) is 0 Å². The molecule has 0 aromatic carbocycles. The zero-order valence-corrected chi connectivity index (χ0v) is 9.66. The second-order valence-corrected chi connectivity index (χ2v) is 5.46. The number of aliphatic hydroxyl groups is 1. The van der Waals surface area contributed by atoms with E-state index in [1.54, 1.807) is 0 Å². The molecule has 0 bridgehead atoms. The van der Waals surface area contributed by atoms with Gasteiger partial charge in [0.1, 0.15) is 0 Å². The number of amides is 1. The standard InChI is InChI=1S/C11H21NO3/c1-11(2,3)9(12-10(14)15)7-5-4-6-8(7)13/h7-9,12-13H,4-6H2,1-3H3,(H,14,15)/t7-,8+,9?/m1/s1. The number of hydrogen-bond donors (Lipinski definition) is 3. The van der Waals surface area contributed by atoms with E-state index < -0.39 is 6.09 Å². The SMILES string of the molecule is CC(C)(C)C(NC(=O)O)[C@@H]1CCC[C@@H]1O. The van der Waals surface area contributed by atoms with Crippen molar-refractivity contribution in [2.45, 2.75) is 52.2 Å². The van der Waals surface area contributed by atoms with E-state index in [9.17, 15) is 9.90 Å². The molecule has 0 aromatic heterocycles. The Balaban J connectivity index is 2.76. The van der Waals surface area contributed by atoms with E-state index in [1.807, 2.05) is 20.8 Å². The summed E-state index contributed by atoms with van der Waals surface area (Å²) in [5.41, 5.74) is -0.158. The Morgan fingerprint density at radius 2 is 2.00 bits per heavy atom. The molecule has 0 heterocycles. The quantitative estimate of drug-likeness (QED) is 0.658. The lowest BCUT2D eigenvalue weighted by molar-refractivity contribution is 0.0717. The highest BCUT2D eigenvalue weighted by Gasteiger charge is 2.39. The average molecular weight is 215 g/mol. The molecule has 1 aliphatic rings. The number of rotatable bonds is 2. The van der Waals surface area contributed by atoms with Crippen molar-refractivity contribution in [1.82, 2.24) is 5.32 Å². The first-order valence-electron chi connectivity index (χ1n) is 5.50. The fourth-order valence-electron chi connectivity index (χ4n) is 2.46. The molecule has 88 valence electrons. The van der Waals surface area contributed by atoms with Crippen LogP contribution in [-0.2, 0) is 0 Å². The molecule has 0 aromatic rings. The topological polar surface area (TPSA) is 69.6 Å². The Morgan fingerprint density at radius 3 is 2.33 bits per heavy atom. The monoisotopic (exact) mass is 215 g/mol. The minimum absolute atomic E-state index is 0.0566. The van der Waals surface area contributed by atoms with Gasteiger partial charge in [0.2, 0.25) is 0 Å². The first-order valence-corrected chi connectivity index (χ1v) is 5.50. The zero-order chi connectivity index (χ0) is 11.6. The fourth-order valence-corrected chi connectivity index (χ4v) is 2.46. The molecule has 0 radical (unpaired) electrons. The van der Waals surface area contributed by atoms with E-state index in [0.717, 1.165) is 19.3 Å². The Hall–Kier alpha value is -0.770. The van der Waals surface area contributed by atoms with E-state index in [4.69, 9.17) is 5.11 Å². The summed E-state index contributed by atoms with van der Waals surface area (Å²) in [6.45, 7) is 6.00. The lowest BCUT2D eigenvalue weighted by atomic mass is 9.77. The highest BCUT2D eigenvalue weighted by molar-refractivity contribution is 5.65. The summed E-state index contributed by atoms with van der Waals surface area (Å²) >= 11 is 0. The molecule has 1 unspecified atom stereocenters. The molecule has 1 aliphatic carbocycles. The molecule has 1 fully saturated rings. The molecule has 4 nitrogen and oxygen atoms in total. The van der Waals surface area contributed by atoms with Gasteiger partial charge in [-0.05, 0) is 18.3 Å². The molecular weight excluding hydrogens is 194 g/mol. The van der Waals surface area contributed by atoms with Crippen molar-refractivity contribution >= 4 is 6.09 Å². The van der Waals surface area contributed by atoms with Crippen LogP contribution in [0.15, 0.2) is 0 Å². The van der Waals surface area contributed by atoms with E-state index in [2.05, 4.69) is 5.32 Å². The van der Waals surface area contributed by atoms with Crippen LogP contribution in [0.25, 0.3) is 0 Å². The average Bonchev–Trinajstić information content (AvgIpc) is 2.45. The third-order valence-corrected chi connectivity index (χ3v) is 3.17. The van der Waals surface area contributed by atoms with Crippen LogP contribution in [0.3, 0.4) is 0 Å². The minimum Gasteiger partial charge on any atom is -0.465 e. The van der Waals surface area contributed by atoms with Crippen LogP contribution in [0.5, 0.6) is 0 Å². The summed E-state index contributed by atoms with van der Waals surface area (Å²) in [5, 5.41) is 21.2. The predicted molar refractivity (Wildman–Crippen MR) is 57.8 cm³/mol. The molecule has 1 amide bonds. The number of carboxylic acid groups (broad SMARTS) is 1. The van der Waals surface area contributed by atoms with Gasteiger partial charge in [0.05, 0.1) is 6.10 Å². The normalized spacial score (nSPS) is 28.8. The Labute approximate surface area is 90.7 Å². The fraction of sp³-hybridized carbons (Fsp3) is 0.909. The van der Waals surface area contributed by atoms with Crippen molar-refractivity contribution in [3.63, 3.8) is 0 Å². The maximum atomic E-state index is 10.7. The second-order valence-electron chi connectivity index (χ2n) is 5.46. The molecule has 1 saturated carbocycles. The van der Waals surface area contributed by atoms with Gasteiger partial charge in [0.25, 0.3) is 0 Å². The first-order chi connectivity index (χ1) is 6.82. The largest absolute Gasteiger partial charge is 0.465 e. The van der Waals surface area contributed by atoms with Gasteiger partial charge >= 0.3 is 6.09 Å². The zero-order valence-electron chi connectivity index (χ0n) is 9.66. The first kappa shape index (κ1) is 12.3. The molecule has 1 rings (SSSR count).